The minimum Gasteiger partial charge on any atom is -0.467 e. The van der Waals surface area contributed by atoms with E-state index in [-0.39, 0.29) is 17.9 Å². The van der Waals surface area contributed by atoms with Gasteiger partial charge in [0.05, 0.1) is 7.11 Å². The number of piperidine rings is 1. The molecule has 0 radical (unpaired) electrons. The van der Waals surface area contributed by atoms with Crippen LogP contribution in [0.5, 0.6) is 0 Å². The fraction of sp³-hybridized carbons (Fsp3) is 0.833. The Labute approximate surface area is 164 Å². The second kappa shape index (κ2) is 9.14. The number of hydrogen-bond acceptors (Lipinski definition) is 6. The highest BCUT2D eigenvalue weighted by Crippen LogP contribution is 2.39. The van der Waals surface area contributed by atoms with Gasteiger partial charge >= 0.3 is 12.1 Å². The van der Waals surface area contributed by atoms with Crippen LogP contribution in [0.15, 0.2) is 5.11 Å². The van der Waals surface area contributed by atoms with Crippen LogP contribution < -0.4 is 5.32 Å². The smallest absolute Gasteiger partial charge is 0.408 e. The van der Waals surface area contributed by atoms with Gasteiger partial charge in [-0.15, -0.1) is 0 Å². The van der Waals surface area contributed by atoms with Gasteiger partial charge in [-0.3, -0.25) is 4.79 Å². The predicted molar refractivity (Wildman–Crippen MR) is 100 cm³/mol. The Balaban J connectivity index is 2.09. The van der Waals surface area contributed by atoms with Crippen LogP contribution >= 0.6 is 0 Å². The lowest BCUT2D eigenvalue weighted by Gasteiger charge is -2.38. The lowest BCUT2D eigenvalue weighted by Crippen LogP contribution is -2.58. The first-order valence-electron chi connectivity index (χ1n) is 9.58. The Bertz CT molecular complexity index is 655. The maximum Gasteiger partial charge on any atom is 0.408 e. The number of carbonyl (C=O) groups excluding carboxylic acids is 3. The van der Waals surface area contributed by atoms with Gasteiger partial charge in [0.2, 0.25) is 5.91 Å². The number of carbonyl (C=O) groups is 3. The molecule has 2 aliphatic rings. The van der Waals surface area contributed by atoms with Crippen molar-refractivity contribution in [3.05, 3.63) is 10.4 Å². The van der Waals surface area contributed by atoms with Crippen molar-refractivity contribution in [2.24, 2.45) is 11.0 Å². The van der Waals surface area contributed by atoms with Crippen molar-refractivity contribution in [2.45, 2.75) is 76.6 Å². The highest BCUT2D eigenvalue weighted by Gasteiger charge is 2.51. The summed E-state index contributed by atoms with van der Waals surface area (Å²) >= 11 is 0. The fourth-order valence-electron chi connectivity index (χ4n) is 4.06. The summed E-state index contributed by atoms with van der Waals surface area (Å²) in [6.45, 7) is 5.64. The van der Waals surface area contributed by atoms with Crippen LogP contribution in [0.2, 0.25) is 0 Å². The number of ether oxygens (including phenoxy) is 2. The summed E-state index contributed by atoms with van der Waals surface area (Å²) in [6, 6.07) is -1.46. The number of nitrogens with zero attached hydrogens (tertiary/aromatic N) is 4. The first kappa shape index (κ1) is 21.8. The Morgan fingerprint density at radius 2 is 2.07 bits per heavy atom. The summed E-state index contributed by atoms with van der Waals surface area (Å²) in [5.74, 6) is -0.603. The molecule has 28 heavy (non-hydrogen) atoms. The summed E-state index contributed by atoms with van der Waals surface area (Å²) in [7, 11) is 1.30. The van der Waals surface area contributed by atoms with Gasteiger partial charge in [-0.05, 0) is 64.3 Å². The molecule has 2 fully saturated rings. The average Bonchev–Trinajstić information content (AvgIpc) is 2.98. The minimum absolute atomic E-state index is 0.0839. The van der Waals surface area contributed by atoms with E-state index in [1.165, 1.54) is 7.11 Å². The molecule has 0 aromatic heterocycles. The third kappa shape index (κ3) is 5.28. The molecule has 10 heteroatoms. The zero-order valence-electron chi connectivity index (χ0n) is 16.9. The number of nitrogens with one attached hydrogen (secondary N) is 1. The fourth-order valence-corrected chi connectivity index (χ4v) is 4.06. The summed E-state index contributed by atoms with van der Waals surface area (Å²) in [5, 5.41) is 6.17. The molecule has 0 bridgehead atoms. The van der Waals surface area contributed by atoms with E-state index in [4.69, 9.17) is 15.0 Å². The first-order chi connectivity index (χ1) is 13.2. The number of esters is 1. The quantitative estimate of drug-likeness (QED) is 0.242. The average molecular weight is 395 g/mol. The van der Waals surface area contributed by atoms with Gasteiger partial charge in [-0.25, -0.2) is 9.59 Å². The number of azide groups is 1. The second-order valence-corrected chi connectivity index (χ2v) is 8.22. The van der Waals surface area contributed by atoms with Crippen LogP contribution in [0.1, 0.15) is 52.9 Å². The molecular formula is C18H29N5O5. The molecule has 0 aromatic carbocycles. The number of methoxy groups -OCH3 is 1. The summed E-state index contributed by atoms with van der Waals surface area (Å²) in [4.78, 5) is 41.7. The van der Waals surface area contributed by atoms with Crippen molar-refractivity contribution in [1.29, 1.82) is 0 Å². The Morgan fingerprint density at radius 1 is 1.36 bits per heavy atom. The van der Waals surface area contributed by atoms with E-state index in [1.54, 1.807) is 25.7 Å². The number of fused-ring (bicyclic) bond motifs is 1. The zero-order chi connectivity index (χ0) is 20.9. The molecule has 0 unspecified atom stereocenters. The molecule has 156 valence electrons. The van der Waals surface area contributed by atoms with Gasteiger partial charge in [0.25, 0.3) is 0 Å². The van der Waals surface area contributed by atoms with Crippen molar-refractivity contribution in [3.8, 4) is 0 Å². The molecule has 0 aromatic rings. The van der Waals surface area contributed by atoms with E-state index in [2.05, 4.69) is 15.3 Å². The van der Waals surface area contributed by atoms with Crippen molar-refractivity contribution < 1.29 is 23.9 Å². The van der Waals surface area contributed by atoms with E-state index in [0.717, 1.165) is 6.42 Å². The van der Waals surface area contributed by atoms with E-state index in [1.807, 2.05) is 0 Å². The molecule has 0 spiro atoms. The molecule has 2 rings (SSSR count). The Hall–Kier alpha value is -2.48. The first-order valence-corrected chi connectivity index (χ1v) is 9.58. The molecule has 0 saturated carbocycles. The maximum absolute atomic E-state index is 13.0. The van der Waals surface area contributed by atoms with E-state index in [0.29, 0.717) is 32.2 Å². The van der Waals surface area contributed by atoms with Gasteiger partial charge in [0, 0.05) is 17.5 Å². The molecule has 2 aliphatic heterocycles. The normalized spacial score (nSPS) is 26.9. The van der Waals surface area contributed by atoms with Crippen LogP contribution in [-0.2, 0) is 19.1 Å². The molecule has 0 aliphatic carbocycles. The van der Waals surface area contributed by atoms with Crippen LogP contribution in [0.3, 0.4) is 0 Å². The third-order valence-corrected chi connectivity index (χ3v) is 5.13. The van der Waals surface area contributed by atoms with Crippen molar-refractivity contribution in [2.75, 3.05) is 13.7 Å². The van der Waals surface area contributed by atoms with Crippen LogP contribution in [0.25, 0.3) is 10.4 Å². The summed E-state index contributed by atoms with van der Waals surface area (Å²) in [5.41, 5.74) is 7.74. The molecule has 4 atom stereocenters. The molecule has 2 heterocycles. The lowest BCUT2D eigenvalue weighted by molar-refractivity contribution is -0.154. The Morgan fingerprint density at radius 3 is 2.68 bits per heavy atom. The molecule has 2 amide bonds. The van der Waals surface area contributed by atoms with E-state index in [9.17, 15) is 14.4 Å². The van der Waals surface area contributed by atoms with Crippen LogP contribution in [-0.4, -0.2) is 60.3 Å². The lowest BCUT2D eigenvalue weighted by atomic mass is 9.88. The largest absolute Gasteiger partial charge is 0.467 e. The van der Waals surface area contributed by atoms with Gasteiger partial charge in [0.15, 0.2) is 0 Å². The molecule has 10 nitrogen and oxygen atoms in total. The van der Waals surface area contributed by atoms with Crippen LogP contribution in [0, 0.1) is 5.92 Å². The van der Waals surface area contributed by atoms with Gasteiger partial charge in [-0.1, -0.05) is 5.11 Å². The number of rotatable bonds is 6. The number of hydrogen-bond donors (Lipinski definition) is 1. The molecule has 2 saturated heterocycles. The summed E-state index contributed by atoms with van der Waals surface area (Å²) in [6.07, 6.45) is 2.47. The number of amides is 2. The number of alkyl carbamates (subject to hydrolysis) is 1. The summed E-state index contributed by atoms with van der Waals surface area (Å²) < 4.78 is 10.1. The standard InChI is InChI=1S/C18H29N5O5/c1-18(2,3)28-17(26)21-12-7-8-13-11(6-5-9-20-22-19)10-14(16(25)27-4)23(13)15(12)24/h11-14H,5-10H2,1-4H3,(H,21,26)/t11-,12+,13+,14+/m1/s1. The molecule has 1 N–H and O–H groups in total. The second-order valence-electron chi connectivity index (χ2n) is 8.22. The highest BCUT2D eigenvalue weighted by molar-refractivity contribution is 5.91. The van der Waals surface area contributed by atoms with Gasteiger partial charge < -0.3 is 19.7 Å². The van der Waals surface area contributed by atoms with Crippen molar-refractivity contribution in [1.82, 2.24) is 10.2 Å². The topological polar surface area (TPSA) is 134 Å². The monoisotopic (exact) mass is 395 g/mol. The van der Waals surface area contributed by atoms with Crippen LogP contribution in [0.4, 0.5) is 4.79 Å². The molecular weight excluding hydrogens is 366 g/mol. The van der Waals surface area contributed by atoms with Gasteiger partial charge in [-0.2, -0.15) is 0 Å². The Kier molecular flexibility index (Phi) is 7.12. The highest BCUT2D eigenvalue weighted by atomic mass is 16.6. The van der Waals surface area contributed by atoms with E-state index < -0.39 is 29.7 Å². The van der Waals surface area contributed by atoms with Gasteiger partial charge in [0.1, 0.15) is 17.7 Å². The van der Waals surface area contributed by atoms with E-state index >= 15 is 0 Å². The maximum atomic E-state index is 13.0. The van der Waals surface area contributed by atoms with Crippen molar-refractivity contribution in [3.63, 3.8) is 0 Å². The predicted octanol–water partition coefficient (Wildman–Crippen LogP) is 2.52. The zero-order valence-corrected chi connectivity index (χ0v) is 16.9. The third-order valence-electron chi connectivity index (χ3n) is 5.13. The minimum atomic E-state index is -0.722. The SMILES string of the molecule is COC(=O)[C@@H]1C[C@@H](CCCN=[N+]=[N-])[C@@H]2CC[C@H](NC(=O)OC(C)(C)C)C(=O)N12. The van der Waals surface area contributed by atoms with Crippen molar-refractivity contribution >= 4 is 18.0 Å².